The van der Waals surface area contributed by atoms with Crippen molar-refractivity contribution in [3.63, 3.8) is 0 Å². The highest BCUT2D eigenvalue weighted by Crippen LogP contribution is 2.10. The van der Waals surface area contributed by atoms with E-state index in [0.717, 1.165) is 0 Å². The van der Waals surface area contributed by atoms with Gasteiger partial charge in [0.2, 0.25) is 0 Å². The third-order valence-electron chi connectivity index (χ3n) is 3.28. The molecule has 22 heavy (non-hydrogen) atoms. The van der Waals surface area contributed by atoms with Gasteiger partial charge in [0.1, 0.15) is 0 Å². The van der Waals surface area contributed by atoms with Crippen LogP contribution < -0.4 is 0 Å². The van der Waals surface area contributed by atoms with Crippen molar-refractivity contribution in [3.05, 3.63) is 24.3 Å². The molecule has 0 saturated carbocycles. The average molecular weight is 312 g/mol. The second-order valence-corrected chi connectivity index (χ2v) is 5.50. The van der Waals surface area contributed by atoms with Gasteiger partial charge in [-0.3, -0.25) is 0 Å². The predicted octanol–water partition coefficient (Wildman–Crippen LogP) is 1.26. The Kier molecular flexibility index (Phi) is 7.84. The van der Waals surface area contributed by atoms with Crippen molar-refractivity contribution in [2.45, 2.75) is 63.9 Å². The Bertz CT molecular complexity index is 388. The van der Waals surface area contributed by atoms with Crippen molar-refractivity contribution < 1.29 is 29.3 Å². The molecule has 1 rings (SSSR count). The van der Waals surface area contributed by atoms with Gasteiger partial charge in [-0.2, -0.15) is 0 Å². The van der Waals surface area contributed by atoms with Crippen LogP contribution in [0.3, 0.4) is 0 Å². The summed E-state index contributed by atoms with van der Waals surface area (Å²) in [5.74, 6) is -1.05. The van der Waals surface area contributed by atoms with E-state index in [0.29, 0.717) is 25.7 Å². The minimum absolute atomic E-state index is 0.361. The highest BCUT2D eigenvalue weighted by Gasteiger charge is 2.13. The predicted molar refractivity (Wildman–Crippen MR) is 79.9 cm³/mol. The molecular formula is C16H24O6. The maximum absolute atomic E-state index is 11.6. The quantitative estimate of drug-likeness (QED) is 0.654. The Balaban J connectivity index is 2.70. The largest absolute Gasteiger partial charge is 0.460 e. The van der Waals surface area contributed by atoms with E-state index in [1.54, 1.807) is 13.8 Å². The lowest BCUT2D eigenvalue weighted by Gasteiger charge is -2.15. The number of esters is 2. The third-order valence-corrected chi connectivity index (χ3v) is 3.28. The van der Waals surface area contributed by atoms with Crippen LogP contribution in [0.5, 0.6) is 0 Å². The minimum atomic E-state index is -0.797. The summed E-state index contributed by atoms with van der Waals surface area (Å²) in [6.45, 7) is 3.44. The molecule has 0 saturated heterocycles. The molecule has 1 aliphatic rings. The molecule has 0 aromatic rings. The Morgan fingerprint density at radius 3 is 1.55 bits per heavy atom. The van der Waals surface area contributed by atoms with Crippen LogP contribution in [0, 0.1) is 0 Å². The molecule has 0 aromatic carbocycles. The van der Waals surface area contributed by atoms with Crippen molar-refractivity contribution in [2.75, 3.05) is 0 Å². The molecule has 6 nitrogen and oxygen atoms in total. The molecule has 0 aliphatic carbocycles. The Morgan fingerprint density at radius 2 is 1.18 bits per heavy atom. The van der Waals surface area contributed by atoms with Crippen molar-refractivity contribution in [1.29, 1.82) is 0 Å². The molecule has 2 unspecified atom stereocenters. The van der Waals surface area contributed by atoms with Gasteiger partial charge < -0.3 is 19.7 Å². The summed E-state index contributed by atoms with van der Waals surface area (Å²) in [7, 11) is 0. The summed E-state index contributed by atoms with van der Waals surface area (Å²) in [5.41, 5.74) is 0. The molecule has 6 heteroatoms. The fourth-order valence-corrected chi connectivity index (χ4v) is 1.98. The van der Waals surface area contributed by atoms with Crippen LogP contribution in [0.1, 0.15) is 39.5 Å². The van der Waals surface area contributed by atoms with Crippen LogP contribution in [-0.2, 0) is 19.1 Å². The number of hydrogen-bond acceptors (Lipinski definition) is 6. The summed E-state index contributed by atoms with van der Waals surface area (Å²) in [5, 5.41) is 19.5. The van der Waals surface area contributed by atoms with Crippen LogP contribution >= 0.6 is 0 Å². The van der Waals surface area contributed by atoms with Crippen LogP contribution in [-0.4, -0.2) is 46.6 Å². The lowest BCUT2D eigenvalue weighted by Crippen LogP contribution is -2.18. The molecule has 0 amide bonds. The SMILES string of the molecule is CC1CC[C@H](O)/C=C/C(=O)OC(C)CC[C@@H](O)/C=C/C(=O)O1. The molecule has 0 aromatic heterocycles. The topological polar surface area (TPSA) is 93.1 Å². The van der Waals surface area contributed by atoms with Gasteiger partial charge >= 0.3 is 11.9 Å². The van der Waals surface area contributed by atoms with E-state index in [1.807, 2.05) is 0 Å². The highest BCUT2D eigenvalue weighted by atomic mass is 16.5. The first-order valence-corrected chi connectivity index (χ1v) is 7.50. The first kappa shape index (κ1) is 18.4. The molecule has 124 valence electrons. The zero-order valence-electron chi connectivity index (χ0n) is 13.0. The van der Waals surface area contributed by atoms with E-state index >= 15 is 0 Å². The Morgan fingerprint density at radius 1 is 0.818 bits per heavy atom. The molecule has 0 fully saturated rings. The van der Waals surface area contributed by atoms with Crippen molar-refractivity contribution in [2.24, 2.45) is 0 Å². The van der Waals surface area contributed by atoms with E-state index in [-0.39, 0.29) is 12.2 Å². The Labute approximate surface area is 130 Å². The van der Waals surface area contributed by atoms with Crippen LogP contribution in [0.25, 0.3) is 0 Å². The molecule has 1 heterocycles. The Hall–Kier alpha value is -1.66. The standard InChI is InChI=1S/C16H24O6/c1-11-3-5-13(17)8-10-16(20)22-12(2)4-6-14(18)7-9-15(19)21-11/h7-14,17-18H,3-6H2,1-2H3/b9-7+,10-8+/t11?,12?,13-,14+. The first-order valence-electron chi connectivity index (χ1n) is 7.50. The molecule has 1 aliphatic heterocycles. The lowest BCUT2D eigenvalue weighted by molar-refractivity contribution is -0.143. The number of aliphatic hydroxyl groups is 2. The van der Waals surface area contributed by atoms with Gasteiger partial charge in [-0.05, 0) is 51.7 Å². The molecular weight excluding hydrogens is 288 g/mol. The first-order chi connectivity index (χ1) is 10.4. The van der Waals surface area contributed by atoms with Gasteiger partial charge in [0.15, 0.2) is 0 Å². The zero-order chi connectivity index (χ0) is 16.5. The normalized spacial score (nSPS) is 35.3. The minimum Gasteiger partial charge on any atom is -0.460 e. The molecule has 0 bridgehead atoms. The van der Waals surface area contributed by atoms with Gasteiger partial charge in [0, 0.05) is 12.2 Å². The number of aliphatic hydroxyl groups excluding tert-OH is 2. The molecule has 4 atom stereocenters. The monoisotopic (exact) mass is 312 g/mol. The fourth-order valence-electron chi connectivity index (χ4n) is 1.98. The molecule has 0 radical (unpaired) electrons. The fraction of sp³-hybridized carbons (Fsp3) is 0.625. The number of rotatable bonds is 0. The summed E-state index contributed by atoms with van der Waals surface area (Å²) in [6, 6.07) is 0. The molecule has 2 N–H and O–H groups in total. The smallest absolute Gasteiger partial charge is 0.330 e. The second-order valence-electron chi connectivity index (χ2n) is 5.50. The number of hydrogen-bond donors (Lipinski definition) is 2. The number of carbonyl (C=O) groups is 2. The zero-order valence-corrected chi connectivity index (χ0v) is 13.0. The van der Waals surface area contributed by atoms with Crippen LogP contribution in [0.4, 0.5) is 0 Å². The summed E-state index contributed by atoms with van der Waals surface area (Å²) in [6.07, 6.45) is 4.44. The number of carbonyl (C=O) groups excluding carboxylic acids is 2. The van der Waals surface area contributed by atoms with Crippen molar-refractivity contribution in [1.82, 2.24) is 0 Å². The maximum atomic E-state index is 11.6. The van der Waals surface area contributed by atoms with Crippen LogP contribution in [0.2, 0.25) is 0 Å². The summed E-state index contributed by atoms with van der Waals surface area (Å²) in [4.78, 5) is 23.1. The van der Waals surface area contributed by atoms with Gasteiger partial charge in [-0.25, -0.2) is 9.59 Å². The van der Waals surface area contributed by atoms with Gasteiger partial charge in [-0.15, -0.1) is 0 Å². The van der Waals surface area contributed by atoms with E-state index in [4.69, 9.17) is 9.47 Å². The lowest BCUT2D eigenvalue weighted by atomic mass is 10.1. The van der Waals surface area contributed by atoms with Gasteiger partial charge in [0.25, 0.3) is 0 Å². The average Bonchev–Trinajstić information content (AvgIpc) is 2.46. The van der Waals surface area contributed by atoms with Crippen LogP contribution in [0.15, 0.2) is 24.3 Å². The van der Waals surface area contributed by atoms with E-state index in [9.17, 15) is 19.8 Å². The van der Waals surface area contributed by atoms with Gasteiger partial charge in [0.05, 0.1) is 24.4 Å². The van der Waals surface area contributed by atoms with E-state index in [2.05, 4.69) is 0 Å². The van der Waals surface area contributed by atoms with E-state index < -0.39 is 24.1 Å². The number of cyclic esters (lactones) is 2. The highest BCUT2D eigenvalue weighted by molar-refractivity contribution is 5.82. The molecule has 0 spiro atoms. The second kappa shape index (κ2) is 9.38. The number of ether oxygens (including phenoxy) is 2. The van der Waals surface area contributed by atoms with Crippen molar-refractivity contribution >= 4 is 11.9 Å². The van der Waals surface area contributed by atoms with E-state index in [1.165, 1.54) is 24.3 Å². The maximum Gasteiger partial charge on any atom is 0.330 e. The van der Waals surface area contributed by atoms with Gasteiger partial charge in [-0.1, -0.05) is 0 Å². The summed E-state index contributed by atoms with van der Waals surface area (Å²) < 4.78 is 10.3. The third kappa shape index (κ3) is 7.95. The van der Waals surface area contributed by atoms with Crippen molar-refractivity contribution in [3.8, 4) is 0 Å². The summed E-state index contributed by atoms with van der Waals surface area (Å²) >= 11 is 0.